The van der Waals surface area contributed by atoms with Crippen LogP contribution in [-0.4, -0.2) is 23.0 Å². The van der Waals surface area contributed by atoms with Crippen molar-refractivity contribution in [2.24, 2.45) is 0 Å². The van der Waals surface area contributed by atoms with Gasteiger partial charge in [-0.15, -0.1) is 0 Å². The van der Waals surface area contributed by atoms with Gasteiger partial charge >= 0.3 is 0 Å². The normalized spacial score (nSPS) is 9.95. The number of ether oxygens (including phenoxy) is 1. The number of nitrogens with one attached hydrogen (secondary N) is 2. The molecule has 98 valence electrons. The summed E-state index contributed by atoms with van der Waals surface area (Å²) in [4.78, 5) is 29.1. The predicted octanol–water partition coefficient (Wildman–Crippen LogP) is 0.708. The minimum Gasteiger partial charge on any atom is -0.481 e. The van der Waals surface area contributed by atoms with Crippen LogP contribution in [0.3, 0.4) is 0 Å². The lowest BCUT2D eigenvalue weighted by molar-refractivity contribution is 0.0950. The van der Waals surface area contributed by atoms with Gasteiger partial charge in [0.05, 0.1) is 12.7 Å². The van der Waals surface area contributed by atoms with Crippen LogP contribution in [0.2, 0.25) is 0 Å². The van der Waals surface area contributed by atoms with E-state index in [2.05, 4.69) is 15.3 Å². The molecular weight excluding hydrogens is 246 g/mol. The van der Waals surface area contributed by atoms with Crippen molar-refractivity contribution >= 4 is 5.91 Å². The van der Waals surface area contributed by atoms with Gasteiger partial charge in [0.1, 0.15) is 0 Å². The lowest BCUT2D eigenvalue weighted by atomic mass is 10.2. The maximum absolute atomic E-state index is 11.8. The first-order valence-electron chi connectivity index (χ1n) is 5.65. The van der Waals surface area contributed by atoms with Gasteiger partial charge in [-0.1, -0.05) is 6.07 Å². The van der Waals surface area contributed by atoms with Crippen molar-refractivity contribution in [3.63, 3.8) is 0 Å². The molecule has 0 radical (unpaired) electrons. The zero-order valence-corrected chi connectivity index (χ0v) is 10.3. The van der Waals surface area contributed by atoms with Gasteiger partial charge in [0.2, 0.25) is 11.4 Å². The smallest absolute Gasteiger partial charge is 0.253 e. The average molecular weight is 259 g/mol. The van der Waals surface area contributed by atoms with Crippen LogP contribution in [0.15, 0.2) is 41.5 Å². The molecule has 0 aromatic carbocycles. The molecule has 0 aliphatic heterocycles. The fraction of sp³-hybridized carbons (Fsp3) is 0.154. The maximum Gasteiger partial charge on any atom is 0.253 e. The number of pyridine rings is 2. The van der Waals surface area contributed by atoms with E-state index in [4.69, 9.17) is 4.74 Å². The summed E-state index contributed by atoms with van der Waals surface area (Å²) in [6.45, 7) is 0.356. The van der Waals surface area contributed by atoms with Gasteiger partial charge in [-0.3, -0.25) is 9.59 Å². The minimum absolute atomic E-state index is 0.240. The highest BCUT2D eigenvalue weighted by Crippen LogP contribution is 2.06. The number of hydrogen-bond donors (Lipinski definition) is 2. The van der Waals surface area contributed by atoms with E-state index in [-0.39, 0.29) is 11.5 Å². The van der Waals surface area contributed by atoms with E-state index in [9.17, 15) is 9.59 Å². The maximum atomic E-state index is 11.8. The zero-order chi connectivity index (χ0) is 13.7. The number of aromatic amines is 1. The Bertz CT molecular complexity index is 599. The Morgan fingerprint density at radius 3 is 2.79 bits per heavy atom. The standard InChI is InChI=1S/C13H13N3O3/c1-19-12-5-2-9(6-15-12)7-16-13(18)10-3-4-11(17)14-8-10/h2-6,8H,7H2,1H3,(H,14,17)(H,16,18). The molecule has 1 amide bonds. The number of rotatable bonds is 4. The van der Waals surface area contributed by atoms with Crippen molar-refractivity contribution in [1.29, 1.82) is 0 Å². The number of hydrogen-bond acceptors (Lipinski definition) is 4. The Morgan fingerprint density at radius 1 is 1.37 bits per heavy atom. The van der Waals surface area contributed by atoms with Crippen LogP contribution in [0.5, 0.6) is 5.88 Å². The molecule has 0 fully saturated rings. The average Bonchev–Trinajstić information content (AvgIpc) is 2.46. The van der Waals surface area contributed by atoms with Crippen LogP contribution in [-0.2, 0) is 6.54 Å². The molecule has 2 heterocycles. The Morgan fingerprint density at radius 2 is 2.21 bits per heavy atom. The number of H-pyrrole nitrogens is 1. The van der Waals surface area contributed by atoms with Crippen molar-refractivity contribution in [1.82, 2.24) is 15.3 Å². The summed E-state index contributed by atoms with van der Waals surface area (Å²) in [5.41, 5.74) is 1.02. The molecule has 2 aromatic heterocycles. The number of aromatic nitrogens is 2. The van der Waals surface area contributed by atoms with Gasteiger partial charge in [0, 0.05) is 31.1 Å². The predicted molar refractivity (Wildman–Crippen MR) is 69.0 cm³/mol. The summed E-state index contributed by atoms with van der Waals surface area (Å²) in [7, 11) is 1.54. The first-order chi connectivity index (χ1) is 9.19. The van der Waals surface area contributed by atoms with E-state index in [1.807, 2.05) is 6.07 Å². The van der Waals surface area contributed by atoms with Gasteiger partial charge in [-0.2, -0.15) is 0 Å². The molecule has 0 saturated carbocycles. The molecule has 6 heteroatoms. The van der Waals surface area contributed by atoms with E-state index in [0.29, 0.717) is 18.0 Å². The number of carbonyl (C=O) groups excluding carboxylic acids is 1. The first-order valence-corrected chi connectivity index (χ1v) is 5.65. The third-order valence-electron chi connectivity index (χ3n) is 2.51. The van der Waals surface area contributed by atoms with E-state index in [1.54, 1.807) is 19.4 Å². The molecule has 2 N–H and O–H groups in total. The molecule has 0 saturated heterocycles. The number of nitrogens with zero attached hydrogens (tertiary/aromatic N) is 1. The molecule has 0 aliphatic carbocycles. The van der Waals surface area contributed by atoms with Crippen LogP contribution in [0.25, 0.3) is 0 Å². The van der Waals surface area contributed by atoms with Crippen LogP contribution < -0.4 is 15.6 Å². The van der Waals surface area contributed by atoms with Gasteiger partial charge < -0.3 is 15.0 Å². The van der Waals surface area contributed by atoms with E-state index in [1.165, 1.54) is 18.3 Å². The molecular formula is C13H13N3O3. The molecule has 0 spiro atoms. The SMILES string of the molecule is COc1ccc(CNC(=O)c2ccc(=O)[nH]c2)cn1. The molecule has 0 unspecified atom stereocenters. The van der Waals surface area contributed by atoms with Crippen LogP contribution >= 0.6 is 0 Å². The van der Waals surface area contributed by atoms with E-state index >= 15 is 0 Å². The van der Waals surface area contributed by atoms with E-state index < -0.39 is 0 Å². The molecule has 2 rings (SSSR count). The highest BCUT2D eigenvalue weighted by atomic mass is 16.5. The fourth-order valence-corrected chi connectivity index (χ4v) is 1.47. The van der Waals surface area contributed by atoms with Crippen LogP contribution in [0, 0.1) is 0 Å². The van der Waals surface area contributed by atoms with E-state index in [0.717, 1.165) is 5.56 Å². The number of carbonyl (C=O) groups is 1. The van der Waals surface area contributed by atoms with Gasteiger partial charge in [-0.05, 0) is 11.6 Å². The van der Waals surface area contributed by atoms with Crippen molar-refractivity contribution in [3.8, 4) is 5.88 Å². The Balaban J connectivity index is 1.96. The van der Waals surface area contributed by atoms with Gasteiger partial charge in [-0.25, -0.2) is 4.98 Å². The van der Waals surface area contributed by atoms with Crippen molar-refractivity contribution in [2.45, 2.75) is 6.54 Å². The van der Waals surface area contributed by atoms with Crippen molar-refractivity contribution in [3.05, 3.63) is 58.1 Å². The number of amides is 1. The minimum atomic E-state index is -0.257. The quantitative estimate of drug-likeness (QED) is 0.847. The molecule has 0 aliphatic rings. The third-order valence-corrected chi connectivity index (χ3v) is 2.51. The summed E-state index contributed by atoms with van der Waals surface area (Å²) in [6.07, 6.45) is 3.01. The first kappa shape index (κ1) is 12.8. The Hall–Kier alpha value is -2.63. The summed E-state index contributed by atoms with van der Waals surface area (Å²) >= 11 is 0. The molecule has 0 atom stereocenters. The molecule has 0 bridgehead atoms. The van der Waals surface area contributed by atoms with Crippen molar-refractivity contribution in [2.75, 3.05) is 7.11 Å². The largest absolute Gasteiger partial charge is 0.481 e. The summed E-state index contributed by atoms with van der Waals surface area (Å²) in [5, 5.41) is 2.73. The van der Waals surface area contributed by atoms with Crippen LogP contribution in [0.1, 0.15) is 15.9 Å². The van der Waals surface area contributed by atoms with Gasteiger partial charge in [0.15, 0.2) is 0 Å². The second-order valence-corrected chi connectivity index (χ2v) is 3.83. The second-order valence-electron chi connectivity index (χ2n) is 3.83. The lowest BCUT2D eigenvalue weighted by Crippen LogP contribution is -2.23. The van der Waals surface area contributed by atoms with Crippen molar-refractivity contribution < 1.29 is 9.53 Å². The molecule has 6 nitrogen and oxygen atoms in total. The monoisotopic (exact) mass is 259 g/mol. The molecule has 19 heavy (non-hydrogen) atoms. The highest BCUT2D eigenvalue weighted by molar-refractivity contribution is 5.93. The summed E-state index contributed by atoms with van der Waals surface area (Å²) in [6, 6.07) is 6.32. The summed E-state index contributed by atoms with van der Waals surface area (Å²) < 4.78 is 4.94. The third kappa shape index (κ3) is 3.41. The fourth-order valence-electron chi connectivity index (χ4n) is 1.47. The Kier molecular flexibility index (Phi) is 3.92. The Labute approximate surface area is 109 Å². The topological polar surface area (TPSA) is 84.1 Å². The lowest BCUT2D eigenvalue weighted by Gasteiger charge is -2.05. The number of methoxy groups -OCH3 is 1. The second kappa shape index (κ2) is 5.81. The zero-order valence-electron chi connectivity index (χ0n) is 10.3. The van der Waals surface area contributed by atoms with Gasteiger partial charge in [0.25, 0.3) is 5.91 Å². The summed E-state index contributed by atoms with van der Waals surface area (Å²) in [5.74, 6) is 0.266. The van der Waals surface area contributed by atoms with Crippen LogP contribution in [0.4, 0.5) is 0 Å². The highest BCUT2D eigenvalue weighted by Gasteiger charge is 2.05. The molecule has 2 aromatic rings.